The van der Waals surface area contributed by atoms with Gasteiger partial charge in [-0.25, -0.2) is 0 Å². The molecule has 0 saturated heterocycles. The van der Waals surface area contributed by atoms with Crippen LogP contribution < -0.4 is 4.74 Å². The molecule has 0 aliphatic heterocycles. The molecule has 3 heteroatoms. The molecule has 0 aromatic heterocycles. The number of hydrogen-bond donors (Lipinski definition) is 0. The Hall–Kier alpha value is -2.33. The number of hydrogen-bond acceptors (Lipinski definition) is 2. The number of aryl methyl sites for hydroxylation is 2. The molecule has 45 heavy (non-hydrogen) atoms. The molecule has 0 amide bonds. The predicted molar refractivity (Wildman–Crippen MR) is 189 cm³/mol. The van der Waals surface area contributed by atoms with Crippen LogP contribution in [0.4, 0.5) is 0 Å². The maximum Gasteiger partial charge on any atom is 2.00 e. The van der Waals surface area contributed by atoms with E-state index in [1.54, 1.807) is 0 Å². The van der Waals surface area contributed by atoms with Crippen molar-refractivity contribution in [3.8, 4) is 28.7 Å². The number of benzene rings is 3. The number of rotatable bonds is 5. The van der Waals surface area contributed by atoms with Gasteiger partial charge in [0.05, 0.1) is 12.7 Å². The fraction of sp³-hybridized carbons (Fsp3) is 0.500. The molecule has 2 nitrogen and oxygen atoms in total. The Morgan fingerprint density at radius 3 is 1.38 bits per heavy atom. The molecule has 0 heterocycles. The quantitative estimate of drug-likeness (QED) is 0.190. The van der Waals surface area contributed by atoms with E-state index in [1.165, 1.54) is 104 Å². The van der Waals surface area contributed by atoms with Crippen LogP contribution in [0.3, 0.4) is 0 Å². The molecule has 242 valence electrons. The zero-order valence-corrected chi connectivity index (χ0v) is 33.6. The summed E-state index contributed by atoms with van der Waals surface area (Å²) in [5, 5.41) is 0. The first-order valence-corrected chi connectivity index (χ1v) is 16.6. The summed E-state index contributed by atoms with van der Waals surface area (Å²) in [5.41, 5.74) is 20.1. The third-order valence-corrected chi connectivity index (χ3v) is 10.1. The van der Waals surface area contributed by atoms with E-state index in [-0.39, 0.29) is 21.1 Å². The molecule has 0 spiro atoms. The fourth-order valence-electron chi connectivity index (χ4n) is 6.62. The van der Waals surface area contributed by atoms with Gasteiger partial charge in [-0.3, -0.25) is 0 Å². The van der Waals surface area contributed by atoms with Crippen LogP contribution >= 0.6 is 0 Å². The van der Waals surface area contributed by atoms with Crippen LogP contribution in [0.15, 0.2) is 0 Å². The van der Waals surface area contributed by atoms with E-state index in [9.17, 15) is 0 Å². The van der Waals surface area contributed by atoms with Crippen LogP contribution in [0.25, 0.3) is 11.1 Å². The van der Waals surface area contributed by atoms with Gasteiger partial charge in [-0.1, -0.05) is 52.4 Å². The average molecular weight is 777 g/mol. The zero-order valence-electron chi connectivity index (χ0n) is 30.6. The first kappa shape index (κ1) is 38.8. The molecule has 3 aromatic rings. The molecule has 4 rings (SSSR count). The van der Waals surface area contributed by atoms with Crippen molar-refractivity contribution in [3.05, 3.63) is 90.4 Å². The normalized spacial score (nSPS) is 12.9. The Bertz CT molecular complexity index is 1490. The van der Waals surface area contributed by atoms with Gasteiger partial charge in [0.15, 0.2) is 0 Å². The molecule has 0 unspecified atom stereocenters. The van der Waals surface area contributed by atoms with Crippen LogP contribution in [-0.2, 0) is 25.8 Å². The van der Waals surface area contributed by atoms with Gasteiger partial charge in [-0.15, -0.1) is 16.7 Å². The van der Waals surface area contributed by atoms with Crippen LogP contribution in [0.1, 0.15) is 117 Å². The van der Waals surface area contributed by atoms with Crippen molar-refractivity contribution in [2.24, 2.45) is 0 Å². The summed E-state index contributed by atoms with van der Waals surface area (Å²) >= 11 is 0. The van der Waals surface area contributed by atoms with Crippen molar-refractivity contribution in [2.45, 2.75) is 129 Å². The first-order chi connectivity index (χ1) is 20.8. The van der Waals surface area contributed by atoms with Crippen molar-refractivity contribution >= 4 is 0 Å². The van der Waals surface area contributed by atoms with E-state index < -0.39 is 0 Å². The maximum absolute atomic E-state index is 5.96. The summed E-state index contributed by atoms with van der Waals surface area (Å²) in [4.78, 5) is 0. The molecule has 0 radical (unpaired) electrons. The first-order valence-electron chi connectivity index (χ1n) is 16.6. The van der Waals surface area contributed by atoms with Crippen molar-refractivity contribution < 1.29 is 30.5 Å². The Morgan fingerprint density at radius 2 is 0.978 bits per heavy atom. The minimum absolute atomic E-state index is 0. The molecule has 0 N–H and O–H groups in total. The zero-order chi connectivity index (χ0) is 32.9. The maximum atomic E-state index is 5.96. The smallest absolute Gasteiger partial charge is 0.493 e. The van der Waals surface area contributed by atoms with Gasteiger partial charge in [-0.2, -0.15) is 30.0 Å². The SMILES string of the molecule is CCOC1CC[CH-]CC1.CCOc1c(C)c(C)c(C#Cc2c(C)c(C)c(-c3c(C)c(C)[c-]c(C)c3C)c(C)c2C)c(C)c1C.[W+2]. The van der Waals surface area contributed by atoms with E-state index in [0.29, 0.717) is 12.7 Å². The van der Waals surface area contributed by atoms with E-state index in [0.717, 1.165) is 23.5 Å². The third-order valence-electron chi connectivity index (χ3n) is 10.1. The second-order valence-electron chi connectivity index (χ2n) is 12.7. The molecule has 1 aliphatic carbocycles. The van der Waals surface area contributed by atoms with Crippen molar-refractivity contribution in [2.75, 3.05) is 13.2 Å². The predicted octanol–water partition coefficient (Wildman–Crippen LogP) is 10.8. The van der Waals surface area contributed by atoms with Gasteiger partial charge in [0.2, 0.25) is 0 Å². The van der Waals surface area contributed by atoms with Crippen LogP contribution in [0.2, 0.25) is 0 Å². The number of ether oxygens (including phenoxy) is 2. The summed E-state index contributed by atoms with van der Waals surface area (Å²) in [5.74, 6) is 8.18. The summed E-state index contributed by atoms with van der Waals surface area (Å²) in [7, 11) is 0. The second kappa shape index (κ2) is 17.0. The van der Waals surface area contributed by atoms with E-state index in [4.69, 9.17) is 9.47 Å². The van der Waals surface area contributed by atoms with Gasteiger partial charge in [-0.05, 0) is 119 Å². The van der Waals surface area contributed by atoms with Crippen molar-refractivity contribution in [3.63, 3.8) is 0 Å². The molecule has 0 bridgehead atoms. The summed E-state index contributed by atoms with van der Waals surface area (Å²) in [6, 6.07) is 3.54. The average Bonchev–Trinajstić information content (AvgIpc) is 3.00. The van der Waals surface area contributed by atoms with Gasteiger partial charge in [0.25, 0.3) is 0 Å². The van der Waals surface area contributed by atoms with Crippen LogP contribution in [0.5, 0.6) is 5.75 Å². The molecular formula is C42H56O2W. The standard InChI is InChI=1S/C34H41O.C8H15O.W/c1-14-35-34-28(12)24(8)31(25(9)29(34)13)16-15-30-22(6)26(10)33(27(11)23(30)7)32-20(4)18(2)17-19(3)21(32)5;1-2-9-8-6-4-3-5-7-8;/h14H2,1-13H3;3,8H,2,4-7H2,1H3;/q2*-1;+2. The third kappa shape index (κ3) is 8.34. The van der Waals surface area contributed by atoms with Crippen molar-refractivity contribution in [1.29, 1.82) is 0 Å². The second-order valence-corrected chi connectivity index (χ2v) is 12.7. The Kier molecular flexibility index (Phi) is 14.7. The molecule has 3 aromatic carbocycles. The minimum atomic E-state index is 0. The Labute approximate surface area is 290 Å². The molecule has 1 fully saturated rings. The minimum Gasteiger partial charge on any atom is -0.493 e. The molecular weight excluding hydrogens is 720 g/mol. The Balaban J connectivity index is 0.000000606. The van der Waals surface area contributed by atoms with Gasteiger partial charge in [0, 0.05) is 17.7 Å². The van der Waals surface area contributed by atoms with Gasteiger partial charge in [0.1, 0.15) is 5.75 Å². The summed E-state index contributed by atoms with van der Waals surface area (Å²) in [6.07, 6.45) is 7.92. The molecule has 1 aliphatic rings. The fourth-order valence-corrected chi connectivity index (χ4v) is 6.62. The monoisotopic (exact) mass is 776 g/mol. The van der Waals surface area contributed by atoms with E-state index in [1.807, 2.05) is 6.92 Å². The largest absolute Gasteiger partial charge is 2.00 e. The van der Waals surface area contributed by atoms with Crippen LogP contribution in [-0.4, -0.2) is 19.3 Å². The van der Waals surface area contributed by atoms with Crippen LogP contribution in [0, 0.1) is 107 Å². The van der Waals surface area contributed by atoms with Gasteiger partial charge < -0.3 is 15.9 Å². The molecule has 0 atom stereocenters. The topological polar surface area (TPSA) is 18.5 Å². The Morgan fingerprint density at radius 1 is 0.578 bits per heavy atom. The van der Waals surface area contributed by atoms with E-state index >= 15 is 0 Å². The van der Waals surface area contributed by atoms with E-state index in [2.05, 4.69) is 114 Å². The molecule has 1 saturated carbocycles. The van der Waals surface area contributed by atoms with Gasteiger partial charge >= 0.3 is 21.1 Å². The summed E-state index contributed by atoms with van der Waals surface area (Å²) in [6.45, 7) is 32.0. The van der Waals surface area contributed by atoms with Crippen molar-refractivity contribution in [1.82, 2.24) is 0 Å². The summed E-state index contributed by atoms with van der Waals surface area (Å²) < 4.78 is 11.4.